The molecule has 2 saturated heterocycles. The van der Waals surface area contributed by atoms with Gasteiger partial charge in [0.2, 0.25) is 17.7 Å². The van der Waals surface area contributed by atoms with Crippen LogP contribution in [-0.2, 0) is 19.9 Å². The fourth-order valence-electron chi connectivity index (χ4n) is 4.78. The average molecular weight is 392 g/mol. The average Bonchev–Trinajstić information content (AvgIpc) is 3.21. The summed E-state index contributed by atoms with van der Waals surface area (Å²) in [6.45, 7) is 5.27. The van der Waals surface area contributed by atoms with Crippen LogP contribution in [0.5, 0.6) is 0 Å². The molecule has 27 heavy (non-hydrogen) atoms. The highest BCUT2D eigenvalue weighted by atomic mass is 35.5. The van der Waals surface area contributed by atoms with Gasteiger partial charge in [0.1, 0.15) is 5.54 Å². The first kappa shape index (κ1) is 18.4. The topological polar surface area (TPSA) is 98.7 Å². The van der Waals surface area contributed by atoms with E-state index in [1.807, 2.05) is 13.8 Å². The van der Waals surface area contributed by atoms with Gasteiger partial charge in [-0.25, -0.2) is 0 Å². The van der Waals surface area contributed by atoms with Gasteiger partial charge in [0.05, 0.1) is 28.6 Å². The minimum atomic E-state index is -1.42. The highest BCUT2D eigenvalue weighted by molar-refractivity contribution is 6.35. The van der Waals surface area contributed by atoms with Gasteiger partial charge in [-0.05, 0) is 26.3 Å². The Labute approximate surface area is 162 Å². The van der Waals surface area contributed by atoms with E-state index in [0.717, 1.165) is 0 Å². The van der Waals surface area contributed by atoms with Gasteiger partial charge in [-0.15, -0.1) is 0 Å². The minimum absolute atomic E-state index is 0.273. The number of hydrogen-bond donors (Lipinski definition) is 3. The van der Waals surface area contributed by atoms with Gasteiger partial charge < -0.3 is 10.4 Å². The van der Waals surface area contributed by atoms with Crippen LogP contribution in [0.25, 0.3) is 0 Å². The van der Waals surface area contributed by atoms with Crippen molar-refractivity contribution in [2.75, 3.05) is 5.32 Å². The summed E-state index contributed by atoms with van der Waals surface area (Å²) in [5.74, 6) is -2.85. The highest BCUT2D eigenvalue weighted by Crippen LogP contribution is 2.54. The van der Waals surface area contributed by atoms with Crippen LogP contribution in [0.4, 0.5) is 5.69 Å². The number of fused-ring (bicyclic) bond motifs is 4. The van der Waals surface area contributed by atoms with Crippen molar-refractivity contribution in [1.82, 2.24) is 10.2 Å². The molecule has 0 aliphatic carbocycles. The number of halogens is 1. The summed E-state index contributed by atoms with van der Waals surface area (Å²) in [7, 11) is 0. The van der Waals surface area contributed by atoms with Crippen LogP contribution in [0.1, 0.15) is 32.8 Å². The smallest absolute Gasteiger partial charge is 0.250 e. The lowest BCUT2D eigenvalue weighted by molar-refractivity contribution is -0.145. The molecule has 7 nitrogen and oxygen atoms in total. The molecule has 0 aromatic heterocycles. The number of imide groups is 1. The molecule has 1 aromatic rings. The third kappa shape index (κ3) is 2.19. The van der Waals surface area contributed by atoms with Gasteiger partial charge in [-0.1, -0.05) is 30.7 Å². The van der Waals surface area contributed by atoms with Crippen LogP contribution in [0, 0.1) is 11.8 Å². The SMILES string of the molecule is CC[C@@H](C)N1C(=O)[C@@H]2[C@H]([C@@H](C)O)N[C@]3(C(=O)Nc4c(Cl)cccc43)[C@@H]2C1=O. The summed E-state index contributed by atoms with van der Waals surface area (Å²) in [6.07, 6.45) is -0.299. The van der Waals surface area contributed by atoms with Gasteiger partial charge >= 0.3 is 0 Å². The first-order chi connectivity index (χ1) is 12.8. The van der Waals surface area contributed by atoms with Crippen molar-refractivity contribution in [2.45, 2.75) is 50.9 Å². The van der Waals surface area contributed by atoms with E-state index in [1.165, 1.54) is 4.90 Å². The molecule has 0 unspecified atom stereocenters. The molecular formula is C19H22ClN3O4. The minimum Gasteiger partial charge on any atom is -0.392 e. The zero-order valence-corrected chi connectivity index (χ0v) is 16.1. The number of nitrogens with zero attached hydrogens (tertiary/aromatic N) is 1. The Morgan fingerprint density at radius 1 is 1.26 bits per heavy atom. The highest BCUT2D eigenvalue weighted by Gasteiger charge is 2.71. The molecule has 3 amide bonds. The van der Waals surface area contributed by atoms with Crippen molar-refractivity contribution in [2.24, 2.45) is 11.8 Å². The molecule has 3 heterocycles. The van der Waals surface area contributed by atoms with E-state index in [0.29, 0.717) is 22.7 Å². The van der Waals surface area contributed by atoms with Crippen LogP contribution >= 0.6 is 11.6 Å². The normalized spacial score (nSPS) is 34.0. The van der Waals surface area contributed by atoms with Crippen molar-refractivity contribution in [3.8, 4) is 0 Å². The number of aliphatic hydroxyl groups excluding tert-OH is 1. The monoisotopic (exact) mass is 391 g/mol. The first-order valence-electron chi connectivity index (χ1n) is 9.18. The van der Waals surface area contributed by atoms with Crippen molar-refractivity contribution in [1.29, 1.82) is 0 Å². The largest absolute Gasteiger partial charge is 0.392 e. The lowest BCUT2D eigenvalue weighted by atomic mass is 9.76. The predicted octanol–water partition coefficient (Wildman–Crippen LogP) is 1.24. The molecule has 4 rings (SSSR count). The summed E-state index contributed by atoms with van der Waals surface area (Å²) >= 11 is 6.25. The second kappa shape index (κ2) is 6.02. The number of hydrogen-bond acceptors (Lipinski definition) is 5. The van der Waals surface area contributed by atoms with Gasteiger partial charge in [0, 0.05) is 17.6 Å². The van der Waals surface area contributed by atoms with Gasteiger partial charge in [0.25, 0.3) is 0 Å². The molecule has 8 heteroatoms. The third-order valence-electron chi connectivity index (χ3n) is 6.22. The van der Waals surface area contributed by atoms with Crippen LogP contribution in [0.3, 0.4) is 0 Å². The molecule has 6 atom stereocenters. The number of carbonyl (C=O) groups excluding carboxylic acids is 3. The summed E-state index contributed by atoms with van der Waals surface area (Å²) in [4.78, 5) is 40.9. The maximum Gasteiger partial charge on any atom is 0.250 e. The number of para-hydroxylation sites is 1. The van der Waals surface area contributed by atoms with E-state index in [9.17, 15) is 19.5 Å². The number of benzene rings is 1. The van der Waals surface area contributed by atoms with Gasteiger partial charge in [-0.3, -0.25) is 24.6 Å². The van der Waals surface area contributed by atoms with Crippen molar-refractivity contribution < 1.29 is 19.5 Å². The molecule has 3 aliphatic rings. The van der Waals surface area contributed by atoms with Crippen molar-refractivity contribution >= 4 is 35.0 Å². The standard InChI is InChI=1S/C19H22ClN3O4/c1-4-8(2)23-16(25)12-13(17(23)26)19(22-14(12)9(3)24)10-6-5-7-11(20)15(10)21-18(19)27/h5-9,12-14,22,24H,4H2,1-3H3,(H,21,27)/t8-,9-,12+,13+,14+,19+/m1/s1. The zero-order chi connectivity index (χ0) is 19.7. The summed E-state index contributed by atoms with van der Waals surface area (Å²) in [5.41, 5.74) is -0.421. The summed E-state index contributed by atoms with van der Waals surface area (Å²) in [5, 5.41) is 16.6. The Hall–Kier alpha value is -1.96. The molecule has 3 aliphatic heterocycles. The molecular weight excluding hydrogens is 370 g/mol. The van der Waals surface area contributed by atoms with Gasteiger partial charge in [0.15, 0.2) is 0 Å². The third-order valence-corrected chi connectivity index (χ3v) is 6.53. The Morgan fingerprint density at radius 2 is 1.96 bits per heavy atom. The van der Waals surface area contributed by atoms with E-state index in [4.69, 9.17) is 11.6 Å². The number of aliphatic hydroxyl groups is 1. The number of likely N-dealkylation sites (tertiary alicyclic amines) is 1. The number of rotatable bonds is 3. The molecule has 1 aromatic carbocycles. The van der Waals surface area contributed by atoms with Crippen LogP contribution in [-0.4, -0.2) is 45.9 Å². The number of nitrogens with one attached hydrogen (secondary N) is 2. The van der Waals surface area contributed by atoms with E-state index in [-0.39, 0.29) is 17.9 Å². The Balaban J connectivity index is 1.92. The number of anilines is 1. The second-order valence-electron chi connectivity index (χ2n) is 7.64. The first-order valence-corrected chi connectivity index (χ1v) is 9.56. The fourth-order valence-corrected chi connectivity index (χ4v) is 5.00. The van der Waals surface area contributed by atoms with E-state index < -0.39 is 35.4 Å². The lowest BCUT2D eigenvalue weighted by Crippen LogP contribution is -2.55. The van der Waals surface area contributed by atoms with E-state index >= 15 is 0 Å². The lowest BCUT2D eigenvalue weighted by Gasteiger charge is -2.31. The quantitative estimate of drug-likeness (QED) is 0.673. The Morgan fingerprint density at radius 3 is 2.59 bits per heavy atom. The van der Waals surface area contributed by atoms with E-state index in [2.05, 4.69) is 10.6 Å². The molecule has 144 valence electrons. The maximum atomic E-state index is 13.3. The molecule has 2 fully saturated rings. The van der Waals surface area contributed by atoms with Crippen LogP contribution in [0.15, 0.2) is 18.2 Å². The zero-order valence-electron chi connectivity index (χ0n) is 15.3. The van der Waals surface area contributed by atoms with Crippen molar-refractivity contribution in [3.05, 3.63) is 28.8 Å². The second-order valence-corrected chi connectivity index (χ2v) is 8.05. The molecule has 1 spiro atoms. The van der Waals surface area contributed by atoms with Gasteiger partial charge in [-0.2, -0.15) is 0 Å². The van der Waals surface area contributed by atoms with E-state index in [1.54, 1.807) is 25.1 Å². The molecule has 3 N–H and O–H groups in total. The number of carbonyl (C=O) groups is 3. The molecule has 0 radical (unpaired) electrons. The van der Waals surface area contributed by atoms with Crippen LogP contribution in [0.2, 0.25) is 5.02 Å². The Kier molecular flexibility index (Phi) is 4.10. The fraction of sp³-hybridized carbons (Fsp3) is 0.526. The number of amides is 3. The summed E-state index contributed by atoms with van der Waals surface area (Å²) in [6, 6.07) is 4.12. The van der Waals surface area contributed by atoms with Crippen molar-refractivity contribution in [3.63, 3.8) is 0 Å². The van der Waals surface area contributed by atoms with Crippen LogP contribution < -0.4 is 10.6 Å². The summed E-state index contributed by atoms with van der Waals surface area (Å²) < 4.78 is 0. The predicted molar refractivity (Wildman–Crippen MR) is 99.0 cm³/mol. The molecule has 0 saturated carbocycles. The molecule has 0 bridgehead atoms. The maximum absolute atomic E-state index is 13.3. The Bertz CT molecular complexity index is 857.